The fourth-order valence-electron chi connectivity index (χ4n) is 2.51. The van der Waals surface area contributed by atoms with E-state index in [-0.39, 0.29) is 6.61 Å². The molecule has 2 aromatic rings. The summed E-state index contributed by atoms with van der Waals surface area (Å²) < 4.78 is 3.11. The molecule has 0 radical (unpaired) electrons. The Bertz CT molecular complexity index is 577. The summed E-state index contributed by atoms with van der Waals surface area (Å²) in [5, 5.41) is 9.18. The Morgan fingerprint density at radius 2 is 2.11 bits per heavy atom. The van der Waals surface area contributed by atoms with Crippen molar-refractivity contribution in [2.45, 2.75) is 32.3 Å². The molecule has 0 atom stereocenters. The van der Waals surface area contributed by atoms with Gasteiger partial charge in [-0.3, -0.25) is 0 Å². The van der Waals surface area contributed by atoms with E-state index in [9.17, 15) is 5.11 Å². The van der Waals surface area contributed by atoms with E-state index in [0.29, 0.717) is 0 Å². The largest absolute Gasteiger partial charge is 0.392 e. The number of rotatable bonds is 2. The minimum Gasteiger partial charge on any atom is -0.392 e. The predicted octanol–water partition coefficient (Wildman–Crippen LogP) is 3.01. The van der Waals surface area contributed by atoms with Gasteiger partial charge in [0, 0.05) is 15.9 Å². The highest BCUT2D eigenvalue weighted by Gasteiger charge is 2.16. The van der Waals surface area contributed by atoms with Gasteiger partial charge in [0.25, 0.3) is 0 Å². The van der Waals surface area contributed by atoms with Gasteiger partial charge in [0.2, 0.25) is 0 Å². The van der Waals surface area contributed by atoms with Crippen LogP contribution in [0.2, 0.25) is 0 Å². The summed E-state index contributed by atoms with van der Waals surface area (Å²) in [7, 11) is 0. The second kappa shape index (κ2) is 4.86. The standard InChI is InChI=1S/C14H15BrN2O/c15-12-7-11(6-5-10(12)8-18)17-9-16-13-3-1-2-4-14(13)17/h5-7,9,18H,1-4,8H2. The molecular formula is C14H15BrN2O. The molecule has 1 aliphatic carbocycles. The third kappa shape index (κ3) is 1.99. The number of imidazole rings is 1. The van der Waals surface area contributed by atoms with E-state index >= 15 is 0 Å². The first kappa shape index (κ1) is 11.9. The molecule has 18 heavy (non-hydrogen) atoms. The average molecular weight is 307 g/mol. The minimum atomic E-state index is 0.0584. The van der Waals surface area contributed by atoms with Crippen molar-refractivity contribution in [2.75, 3.05) is 0 Å². The summed E-state index contributed by atoms with van der Waals surface area (Å²) in [6.07, 6.45) is 6.61. The molecule has 0 saturated carbocycles. The molecule has 94 valence electrons. The molecule has 0 spiro atoms. The van der Waals surface area contributed by atoms with E-state index in [2.05, 4.69) is 25.5 Å². The van der Waals surface area contributed by atoms with Gasteiger partial charge in [-0.15, -0.1) is 0 Å². The van der Waals surface area contributed by atoms with E-state index < -0.39 is 0 Å². The number of fused-ring (bicyclic) bond motifs is 1. The molecule has 4 heteroatoms. The average Bonchev–Trinajstić information content (AvgIpc) is 2.82. The third-order valence-electron chi connectivity index (χ3n) is 3.52. The Hall–Kier alpha value is -1.13. The van der Waals surface area contributed by atoms with Gasteiger partial charge in [0.1, 0.15) is 0 Å². The molecule has 1 heterocycles. The summed E-state index contributed by atoms with van der Waals surface area (Å²) in [5.74, 6) is 0. The molecule has 0 amide bonds. The van der Waals surface area contributed by atoms with Crippen LogP contribution >= 0.6 is 15.9 Å². The molecule has 1 aliphatic rings. The van der Waals surface area contributed by atoms with Crippen molar-refractivity contribution in [1.82, 2.24) is 9.55 Å². The molecule has 0 fully saturated rings. The van der Waals surface area contributed by atoms with Crippen LogP contribution in [0.1, 0.15) is 29.8 Å². The molecule has 1 aromatic carbocycles. The van der Waals surface area contributed by atoms with Crippen molar-refractivity contribution in [3.05, 3.63) is 46.0 Å². The molecular weight excluding hydrogens is 292 g/mol. The van der Waals surface area contributed by atoms with Gasteiger partial charge in [-0.2, -0.15) is 0 Å². The number of hydrogen-bond acceptors (Lipinski definition) is 2. The van der Waals surface area contributed by atoms with Gasteiger partial charge in [0.05, 0.1) is 18.6 Å². The van der Waals surface area contributed by atoms with Gasteiger partial charge in [-0.1, -0.05) is 22.0 Å². The Labute approximate surface area is 115 Å². The summed E-state index contributed by atoms with van der Waals surface area (Å²) in [4.78, 5) is 4.50. The summed E-state index contributed by atoms with van der Waals surface area (Å²) in [5.41, 5.74) is 4.59. The SMILES string of the molecule is OCc1ccc(-n2cnc3c2CCCC3)cc1Br. The third-order valence-corrected chi connectivity index (χ3v) is 4.25. The fraction of sp³-hybridized carbons (Fsp3) is 0.357. The van der Waals surface area contributed by atoms with Gasteiger partial charge in [-0.25, -0.2) is 4.98 Å². The van der Waals surface area contributed by atoms with Gasteiger partial charge in [0.15, 0.2) is 0 Å². The van der Waals surface area contributed by atoms with Crippen LogP contribution in [0.4, 0.5) is 0 Å². The Kier molecular flexibility index (Phi) is 3.22. The highest BCUT2D eigenvalue weighted by molar-refractivity contribution is 9.10. The number of nitrogens with zero attached hydrogens (tertiary/aromatic N) is 2. The number of benzene rings is 1. The van der Waals surface area contributed by atoms with Gasteiger partial charge < -0.3 is 9.67 Å². The molecule has 0 saturated heterocycles. The monoisotopic (exact) mass is 306 g/mol. The number of aliphatic hydroxyl groups is 1. The van der Waals surface area contributed by atoms with Crippen LogP contribution in [0.15, 0.2) is 29.0 Å². The number of hydrogen-bond donors (Lipinski definition) is 1. The lowest BCUT2D eigenvalue weighted by molar-refractivity contribution is 0.281. The highest BCUT2D eigenvalue weighted by Crippen LogP contribution is 2.26. The first-order chi connectivity index (χ1) is 8.79. The van der Waals surface area contributed by atoms with Crippen molar-refractivity contribution in [3.8, 4) is 5.69 Å². The van der Waals surface area contributed by atoms with Crippen molar-refractivity contribution in [3.63, 3.8) is 0 Å². The lowest BCUT2D eigenvalue weighted by Gasteiger charge is -2.14. The van der Waals surface area contributed by atoms with Crippen molar-refractivity contribution >= 4 is 15.9 Å². The Balaban J connectivity index is 2.04. The normalized spacial score (nSPS) is 14.6. The van der Waals surface area contributed by atoms with Crippen LogP contribution in [0.3, 0.4) is 0 Å². The quantitative estimate of drug-likeness (QED) is 0.926. The molecule has 0 unspecified atom stereocenters. The maximum Gasteiger partial charge on any atom is 0.0997 e. The smallest absolute Gasteiger partial charge is 0.0997 e. The molecule has 0 aliphatic heterocycles. The van der Waals surface area contributed by atoms with E-state index in [4.69, 9.17) is 0 Å². The maximum atomic E-state index is 9.18. The first-order valence-corrected chi connectivity index (χ1v) is 7.03. The van der Waals surface area contributed by atoms with Gasteiger partial charge in [-0.05, 0) is 43.4 Å². The lowest BCUT2D eigenvalue weighted by atomic mass is 10.0. The second-order valence-corrected chi connectivity index (χ2v) is 5.50. The van der Waals surface area contributed by atoms with Crippen molar-refractivity contribution in [1.29, 1.82) is 0 Å². The minimum absolute atomic E-state index is 0.0584. The van der Waals surface area contributed by atoms with E-state index in [0.717, 1.165) is 28.6 Å². The van der Waals surface area contributed by atoms with Crippen LogP contribution in [0.5, 0.6) is 0 Å². The zero-order chi connectivity index (χ0) is 12.5. The zero-order valence-electron chi connectivity index (χ0n) is 10.1. The van der Waals surface area contributed by atoms with E-state index in [1.54, 1.807) is 0 Å². The Morgan fingerprint density at radius 3 is 2.89 bits per heavy atom. The number of aromatic nitrogens is 2. The lowest BCUT2D eigenvalue weighted by Crippen LogP contribution is -2.07. The molecule has 1 aromatic heterocycles. The number of aliphatic hydroxyl groups excluding tert-OH is 1. The molecule has 0 bridgehead atoms. The summed E-state index contributed by atoms with van der Waals surface area (Å²) in [6, 6.07) is 6.03. The van der Waals surface area contributed by atoms with Crippen molar-refractivity contribution in [2.24, 2.45) is 0 Å². The van der Waals surface area contributed by atoms with Gasteiger partial charge >= 0.3 is 0 Å². The topological polar surface area (TPSA) is 38.0 Å². The summed E-state index contributed by atoms with van der Waals surface area (Å²) in [6.45, 7) is 0.0584. The molecule has 3 rings (SSSR count). The van der Waals surface area contributed by atoms with Crippen LogP contribution in [-0.4, -0.2) is 14.7 Å². The molecule has 1 N–H and O–H groups in total. The van der Waals surface area contributed by atoms with E-state index in [1.807, 2.05) is 24.5 Å². The number of halogens is 1. The number of aryl methyl sites for hydroxylation is 1. The zero-order valence-corrected chi connectivity index (χ0v) is 11.7. The fourth-order valence-corrected chi connectivity index (χ4v) is 3.00. The van der Waals surface area contributed by atoms with Crippen LogP contribution < -0.4 is 0 Å². The van der Waals surface area contributed by atoms with Crippen molar-refractivity contribution < 1.29 is 5.11 Å². The predicted molar refractivity (Wildman–Crippen MR) is 73.8 cm³/mol. The second-order valence-electron chi connectivity index (χ2n) is 4.65. The van der Waals surface area contributed by atoms with Crippen LogP contribution in [0.25, 0.3) is 5.69 Å². The van der Waals surface area contributed by atoms with E-state index in [1.165, 1.54) is 24.2 Å². The van der Waals surface area contributed by atoms with Crippen LogP contribution in [-0.2, 0) is 19.4 Å². The highest BCUT2D eigenvalue weighted by atomic mass is 79.9. The first-order valence-electron chi connectivity index (χ1n) is 6.24. The molecule has 3 nitrogen and oxygen atoms in total. The summed E-state index contributed by atoms with van der Waals surface area (Å²) >= 11 is 3.50. The Morgan fingerprint density at radius 1 is 1.28 bits per heavy atom. The van der Waals surface area contributed by atoms with Crippen LogP contribution in [0, 0.1) is 0 Å². The maximum absolute atomic E-state index is 9.18.